The zero-order valence-electron chi connectivity index (χ0n) is 14.4. The van der Waals surface area contributed by atoms with Crippen molar-refractivity contribution in [1.82, 2.24) is 0 Å². The molecule has 128 valence electrons. The molecule has 0 aromatic carbocycles. The molecule has 2 atom stereocenters. The van der Waals surface area contributed by atoms with Crippen LogP contribution in [0.1, 0.15) is 40.5 Å². The number of carboxylic acid groups (broad SMARTS) is 1. The van der Waals surface area contributed by atoms with Gasteiger partial charge in [-0.05, 0) is 27.2 Å². The third kappa shape index (κ3) is 11.3. The lowest BCUT2D eigenvalue weighted by Gasteiger charge is -2.13. The molecule has 0 spiro atoms. The van der Waals surface area contributed by atoms with Crippen molar-refractivity contribution in [3.63, 3.8) is 0 Å². The molecule has 4 nitrogen and oxygen atoms in total. The molecule has 0 aliphatic carbocycles. The van der Waals surface area contributed by atoms with E-state index in [4.69, 9.17) is 5.11 Å². The Morgan fingerprint density at radius 2 is 1.65 bits per heavy atom. The molecule has 0 aliphatic heterocycles. The average molecular weight is 320 g/mol. The molecule has 0 radical (unpaired) electrons. The van der Waals surface area contributed by atoms with Crippen molar-refractivity contribution in [2.45, 2.75) is 52.7 Å². The fraction of sp³-hybridized carbons (Fsp3) is 0.421. The van der Waals surface area contributed by atoms with Gasteiger partial charge in [0.15, 0.2) is 0 Å². The van der Waals surface area contributed by atoms with Gasteiger partial charge in [-0.1, -0.05) is 66.5 Å². The molecule has 0 rings (SSSR count). The van der Waals surface area contributed by atoms with E-state index in [1.807, 2.05) is 52.0 Å². The van der Waals surface area contributed by atoms with E-state index in [0.29, 0.717) is 6.42 Å². The molecule has 0 fully saturated rings. The number of hydrogen-bond donors (Lipinski definition) is 3. The lowest BCUT2D eigenvalue weighted by Crippen LogP contribution is -2.23. The number of rotatable bonds is 9. The van der Waals surface area contributed by atoms with Gasteiger partial charge in [-0.15, -0.1) is 0 Å². The molecule has 0 bridgehead atoms. The number of aliphatic hydroxyl groups is 2. The molecule has 3 N–H and O–H groups in total. The van der Waals surface area contributed by atoms with Gasteiger partial charge in [0.05, 0.1) is 12.2 Å². The van der Waals surface area contributed by atoms with Crippen molar-refractivity contribution in [2.75, 3.05) is 0 Å². The van der Waals surface area contributed by atoms with E-state index in [-0.39, 0.29) is 0 Å². The number of aliphatic carboxylic acids is 1. The smallest absolute Gasteiger partial charge is 0.328 e. The topological polar surface area (TPSA) is 77.8 Å². The number of hydrogen-bond acceptors (Lipinski definition) is 3. The van der Waals surface area contributed by atoms with Crippen LogP contribution < -0.4 is 0 Å². The van der Waals surface area contributed by atoms with Crippen LogP contribution in [-0.4, -0.2) is 33.5 Å². The third-order valence-corrected chi connectivity index (χ3v) is 3.07. The summed E-state index contributed by atoms with van der Waals surface area (Å²) in [5, 5.41) is 28.1. The zero-order valence-corrected chi connectivity index (χ0v) is 14.4. The average Bonchev–Trinajstić information content (AvgIpc) is 2.45. The van der Waals surface area contributed by atoms with E-state index >= 15 is 0 Å². The quantitative estimate of drug-likeness (QED) is 0.448. The maximum Gasteiger partial charge on any atom is 0.328 e. The summed E-state index contributed by atoms with van der Waals surface area (Å²) < 4.78 is 0. The van der Waals surface area contributed by atoms with E-state index < -0.39 is 18.2 Å². The highest BCUT2D eigenvalue weighted by Crippen LogP contribution is 2.08. The van der Waals surface area contributed by atoms with E-state index in [0.717, 1.165) is 29.2 Å². The lowest BCUT2D eigenvalue weighted by atomic mass is 10.1. The predicted molar refractivity (Wildman–Crippen MR) is 94.1 cm³/mol. The van der Waals surface area contributed by atoms with Crippen molar-refractivity contribution in [1.29, 1.82) is 0 Å². The number of aliphatic hydroxyl groups excluding tert-OH is 2. The van der Waals surface area contributed by atoms with Gasteiger partial charge in [-0.25, -0.2) is 4.79 Å². The van der Waals surface area contributed by atoms with Crippen LogP contribution in [0.25, 0.3) is 0 Å². The van der Waals surface area contributed by atoms with Gasteiger partial charge in [0, 0.05) is 6.08 Å². The van der Waals surface area contributed by atoms with Gasteiger partial charge in [0.25, 0.3) is 0 Å². The number of carbonyl (C=O) groups is 1. The van der Waals surface area contributed by atoms with Gasteiger partial charge in [-0.2, -0.15) is 0 Å². The first-order chi connectivity index (χ1) is 10.8. The summed E-state index contributed by atoms with van der Waals surface area (Å²) >= 11 is 0. The molecule has 0 saturated carbocycles. The number of allylic oxidation sites excluding steroid dienone is 8. The second-order valence-corrected chi connectivity index (χ2v) is 5.59. The van der Waals surface area contributed by atoms with Crippen LogP contribution in [0.15, 0.2) is 59.3 Å². The molecule has 0 amide bonds. The van der Waals surface area contributed by atoms with E-state index in [9.17, 15) is 15.0 Å². The Balaban J connectivity index is 4.71. The first kappa shape index (κ1) is 21.1. The molecule has 0 heterocycles. The van der Waals surface area contributed by atoms with Crippen LogP contribution in [0.5, 0.6) is 0 Å². The normalized spacial score (nSPS) is 17.0. The second-order valence-electron chi connectivity index (χ2n) is 5.59. The van der Waals surface area contributed by atoms with Crippen molar-refractivity contribution < 1.29 is 20.1 Å². The minimum Gasteiger partial charge on any atom is -0.478 e. The van der Waals surface area contributed by atoms with Gasteiger partial charge in [0.2, 0.25) is 0 Å². The Morgan fingerprint density at radius 1 is 1.00 bits per heavy atom. The molecular weight excluding hydrogens is 292 g/mol. The molecule has 4 heteroatoms. The molecule has 23 heavy (non-hydrogen) atoms. The first-order valence-electron chi connectivity index (χ1n) is 7.75. The maximum absolute atomic E-state index is 10.4. The third-order valence-electron chi connectivity index (χ3n) is 3.07. The van der Waals surface area contributed by atoms with Crippen LogP contribution in [-0.2, 0) is 4.79 Å². The van der Waals surface area contributed by atoms with Crippen molar-refractivity contribution in [3.8, 4) is 0 Å². The molecule has 0 saturated heterocycles. The summed E-state index contributed by atoms with van der Waals surface area (Å²) in [5.74, 6) is -0.969. The first-order valence-corrected chi connectivity index (χ1v) is 7.75. The highest BCUT2D eigenvalue weighted by Gasteiger charge is 2.11. The summed E-state index contributed by atoms with van der Waals surface area (Å²) in [7, 11) is 0. The standard InChI is InChI=1S/C19H28O4/c1-5-7-17(20)18(21)13-15(3)9-6-8-14(2)12-16(4)10-11-19(22)23/h6,8-13,17-18,20-21H,5,7H2,1-4H3,(H,22,23)/t17-,18-/m1/s1. The number of carboxylic acids is 1. The maximum atomic E-state index is 10.4. The van der Waals surface area contributed by atoms with Crippen molar-refractivity contribution in [2.24, 2.45) is 0 Å². The minimum atomic E-state index is -0.969. The Morgan fingerprint density at radius 3 is 2.22 bits per heavy atom. The van der Waals surface area contributed by atoms with Crippen LogP contribution in [0.3, 0.4) is 0 Å². The summed E-state index contributed by atoms with van der Waals surface area (Å²) in [6.45, 7) is 7.57. The van der Waals surface area contributed by atoms with Gasteiger partial charge in [0.1, 0.15) is 0 Å². The fourth-order valence-electron chi connectivity index (χ4n) is 1.91. The van der Waals surface area contributed by atoms with Crippen LogP contribution >= 0.6 is 0 Å². The van der Waals surface area contributed by atoms with E-state index in [2.05, 4.69) is 0 Å². The van der Waals surface area contributed by atoms with Gasteiger partial charge < -0.3 is 15.3 Å². The fourth-order valence-corrected chi connectivity index (χ4v) is 1.91. The summed E-state index contributed by atoms with van der Waals surface area (Å²) in [4.78, 5) is 10.4. The van der Waals surface area contributed by atoms with E-state index in [1.165, 1.54) is 0 Å². The highest BCUT2D eigenvalue weighted by atomic mass is 16.4. The Bertz CT molecular complexity index is 521. The predicted octanol–water partition coefficient (Wildman–Crippen LogP) is 3.54. The Labute approximate surface area is 138 Å². The van der Waals surface area contributed by atoms with Gasteiger partial charge in [-0.3, -0.25) is 0 Å². The molecule has 0 unspecified atom stereocenters. The van der Waals surface area contributed by atoms with Gasteiger partial charge >= 0.3 is 5.97 Å². The molecule has 0 aliphatic rings. The Hall–Kier alpha value is -1.91. The summed E-state index contributed by atoms with van der Waals surface area (Å²) in [5.41, 5.74) is 2.69. The van der Waals surface area contributed by atoms with E-state index in [1.54, 1.807) is 12.2 Å². The summed E-state index contributed by atoms with van der Waals surface area (Å²) in [6, 6.07) is 0. The van der Waals surface area contributed by atoms with Crippen LogP contribution in [0.4, 0.5) is 0 Å². The molecular formula is C19H28O4. The largest absolute Gasteiger partial charge is 0.478 e. The lowest BCUT2D eigenvalue weighted by molar-refractivity contribution is -0.131. The van der Waals surface area contributed by atoms with Crippen LogP contribution in [0.2, 0.25) is 0 Å². The minimum absolute atomic E-state index is 0.571. The zero-order chi connectivity index (χ0) is 17.8. The van der Waals surface area contributed by atoms with Crippen molar-refractivity contribution >= 4 is 5.97 Å². The van der Waals surface area contributed by atoms with Crippen molar-refractivity contribution in [3.05, 3.63) is 59.3 Å². The monoisotopic (exact) mass is 320 g/mol. The summed E-state index contributed by atoms with van der Waals surface area (Å²) in [6.07, 6.45) is 11.6. The molecule has 0 aromatic rings. The van der Waals surface area contributed by atoms with Crippen LogP contribution in [0, 0.1) is 0 Å². The molecule has 0 aromatic heterocycles. The second kappa shape index (κ2) is 11.6. The highest BCUT2D eigenvalue weighted by molar-refractivity contribution is 5.80. The SMILES string of the molecule is CCC[C@@H](O)[C@H](O)C=C(C)C=CC=C(C)C=C(C)C=CC(=O)O. The Kier molecular flexibility index (Phi) is 10.7.